The molecule has 0 atom stereocenters. The Morgan fingerprint density at radius 2 is 1.92 bits per heavy atom. The summed E-state index contributed by atoms with van der Waals surface area (Å²) >= 11 is 5.94. The topological polar surface area (TPSA) is 59.8 Å². The second-order valence-corrected chi connectivity index (χ2v) is 6.44. The number of fused-ring (bicyclic) bond motifs is 1. The van der Waals surface area contributed by atoms with Crippen molar-refractivity contribution in [1.29, 1.82) is 0 Å². The third-order valence-corrected chi connectivity index (χ3v) is 4.33. The van der Waals surface area contributed by atoms with E-state index in [1.165, 1.54) is 4.90 Å². The summed E-state index contributed by atoms with van der Waals surface area (Å²) in [7, 11) is 1.64. The molecule has 3 rings (SSSR count). The van der Waals surface area contributed by atoms with E-state index in [0.717, 1.165) is 10.9 Å². The van der Waals surface area contributed by atoms with Crippen LogP contribution in [0.25, 0.3) is 11.0 Å². The Kier molecular flexibility index (Phi) is 5.28. The first kappa shape index (κ1) is 18.0. The highest BCUT2D eigenvalue weighted by atomic mass is 35.5. The number of benzene rings is 2. The Hall–Kier alpha value is -2.79. The number of esters is 1. The summed E-state index contributed by atoms with van der Waals surface area (Å²) in [4.78, 5) is 25.9. The third-order valence-electron chi connectivity index (χ3n) is 4.09. The van der Waals surface area contributed by atoms with Crippen LogP contribution in [0.4, 0.5) is 0 Å². The largest absolute Gasteiger partial charge is 0.450 e. The third kappa shape index (κ3) is 3.89. The van der Waals surface area contributed by atoms with Crippen LogP contribution in [0.1, 0.15) is 21.7 Å². The number of hydrogen-bond donors (Lipinski definition) is 0. The van der Waals surface area contributed by atoms with E-state index in [1.54, 1.807) is 32.2 Å². The monoisotopic (exact) mass is 371 g/mol. The fourth-order valence-corrected chi connectivity index (χ4v) is 2.88. The molecular weight excluding hydrogens is 354 g/mol. The van der Waals surface area contributed by atoms with Gasteiger partial charge in [-0.25, -0.2) is 4.79 Å². The molecule has 0 unspecified atom stereocenters. The molecule has 0 bridgehead atoms. The summed E-state index contributed by atoms with van der Waals surface area (Å²) in [6.45, 7) is 1.81. The molecule has 0 saturated carbocycles. The summed E-state index contributed by atoms with van der Waals surface area (Å²) in [5, 5.41) is 1.46. The molecule has 3 aromatic rings. The fraction of sp³-hybridized carbons (Fsp3) is 0.200. The van der Waals surface area contributed by atoms with Crippen molar-refractivity contribution in [1.82, 2.24) is 4.90 Å². The number of carbonyl (C=O) groups is 2. The average Bonchev–Trinajstić information content (AvgIpc) is 2.96. The molecule has 2 aromatic carbocycles. The lowest BCUT2D eigenvalue weighted by Gasteiger charge is -2.17. The van der Waals surface area contributed by atoms with Crippen molar-refractivity contribution in [3.05, 3.63) is 70.4 Å². The lowest BCUT2D eigenvalue weighted by atomic mass is 10.1. The SMILES string of the molecule is Cc1c(C(=O)OCC(=O)N(C)Cc2cccc(Cl)c2)oc2ccccc12. The van der Waals surface area contributed by atoms with Crippen molar-refractivity contribution in [2.75, 3.05) is 13.7 Å². The van der Waals surface area contributed by atoms with E-state index >= 15 is 0 Å². The van der Waals surface area contributed by atoms with Crippen LogP contribution in [-0.2, 0) is 16.1 Å². The molecule has 0 spiro atoms. The Balaban J connectivity index is 1.61. The van der Waals surface area contributed by atoms with Crippen molar-refractivity contribution in [3.63, 3.8) is 0 Å². The van der Waals surface area contributed by atoms with Gasteiger partial charge in [-0.2, -0.15) is 0 Å². The number of nitrogens with zero attached hydrogens (tertiary/aromatic N) is 1. The molecule has 26 heavy (non-hydrogen) atoms. The minimum atomic E-state index is -0.650. The van der Waals surface area contributed by atoms with Crippen LogP contribution in [0.5, 0.6) is 0 Å². The lowest BCUT2D eigenvalue weighted by molar-refractivity contribution is -0.133. The van der Waals surface area contributed by atoms with Crippen LogP contribution in [0.2, 0.25) is 5.02 Å². The van der Waals surface area contributed by atoms with Gasteiger partial charge >= 0.3 is 5.97 Å². The van der Waals surface area contributed by atoms with Gasteiger partial charge in [0, 0.05) is 29.6 Å². The highest BCUT2D eigenvalue weighted by molar-refractivity contribution is 6.30. The number of hydrogen-bond acceptors (Lipinski definition) is 4. The van der Waals surface area contributed by atoms with Crippen LogP contribution >= 0.6 is 11.6 Å². The van der Waals surface area contributed by atoms with E-state index in [0.29, 0.717) is 22.7 Å². The predicted molar refractivity (Wildman–Crippen MR) is 99.2 cm³/mol. The summed E-state index contributed by atoms with van der Waals surface area (Å²) in [6, 6.07) is 14.6. The standard InChI is InChI=1S/C20H18ClNO4/c1-13-16-8-3-4-9-17(16)26-19(13)20(24)25-12-18(23)22(2)11-14-6-5-7-15(21)10-14/h3-10H,11-12H2,1-2H3. The van der Waals surface area contributed by atoms with Gasteiger partial charge in [0.05, 0.1) is 0 Å². The molecule has 5 nitrogen and oxygen atoms in total. The minimum absolute atomic E-state index is 0.122. The van der Waals surface area contributed by atoms with Gasteiger partial charge in [-0.3, -0.25) is 4.79 Å². The van der Waals surface area contributed by atoms with E-state index in [1.807, 2.05) is 30.3 Å². The van der Waals surface area contributed by atoms with Crippen LogP contribution in [-0.4, -0.2) is 30.4 Å². The number of amides is 1. The maximum atomic E-state index is 12.3. The minimum Gasteiger partial charge on any atom is -0.450 e. The highest BCUT2D eigenvalue weighted by Crippen LogP contribution is 2.25. The average molecular weight is 372 g/mol. The molecule has 0 radical (unpaired) electrons. The summed E-state index contributed by atoms with van der Waals surface area (Å²) in [6.07, 6.45) is 0. The number of para-hydroxylation sites is 1. The number of furan rings is 1. The molecule has 1 heterocycles. The normalized spacial score (nSPS) is 10.7. The summed E-state index contributed by atoms with van der Waals surface area (Å²) in [5.74, 6) is -0.841. The molecule has 134 valence electrons. The van der Waals surface area contributed by atoms with Crippen LogP contribution < -0.4 is 0 Å². The molecule has 0 saturated heterocycles. The van der Waals surface area contributed by atoms with E-state index in [-0.39, 0.29) is 18.3 Å². The Morgan fingerprint density at radius 3 is 2.65 bits per heavy atom. The number of ether oxygens (including phenoxy) is 1. The first-order chi connectivity index (χ1) is 12.5. The van der Waals surface area contributed by atoms with Crippen molar-refractivity contribution < 1.29 is 18.7 Å². The summed E-state index contributed by atoms with van der Waals surface area (Å²) in [5.41, 5.74) is 2.21. The van der Waals surface area contributed by atoms with Gasteiger partial charge in [0.15, 0.2) is 6.61 Å². The van der Waals surface area contributed by atoms with Crippen molar-refractivity contribution in [2.24, 2.45) is 0 Å². The van der Waals surface area contributed by atoms with Gasteiger partial charge in [-0.15, -0.1) is 0 Å². The van der Waals surface area contributed by atoms with Gasteiger partial charge in [-0.1, -0.05) is 41.9 Å². The van der Waals surface area contributed by atoms with Crippen LogP contribution in [0.15, 0.2) is 52.9 Å². The van der Waals surface area contributed by atoms with Gasteiger partial charge in [0.25, 0.3) is 5.91 Å². The Bertz CT molecular complexity index is 963. The fourth-order valence-electron chi connectivity index (χ4n) is 2.67. The smallest absolute Gasteiger partial charge is 0.375 e. The van der Waals surface area contributed by atoms with Crippen molar-refractivity contribution in [2.45, 2.75) is 13.5 Å². The highest BCUT2D eigenvalue weighted by Gasteiger charge is 2.20. The molecule has 0 fully saturated rings. The number of aryl methyl sites for hydroxylation is 1. The second kappa shape index (κ2) is 7.62. The zero-order chi connectivity index (χ0) is 18.7. The number of halogens is 1. The van der Waals surface area contributed by atoms with Gasteiger partial charge in [-0.05, 0) is 30.7 Å². The molecule has 6 heteroatoms. The van der Waals surface area contributed by atoms with Gasteiger partial charge in [0.2, 0.25) is 5.76 Å². The maximum Gasteiger partial charge on any atom is 0.375 e. The quantitative estimate of drug-likeness (QED) is 0.630. The molecule has 1 aromatic heterocycles. The van der Waals surface area contributed by atoms with Gasteiger partial charge < -0.3 is 14.1 Å². The zero-order valence-electron chi connectivity index (χ0n) is 14.5. The predicted octanol–water partition coefficient (Wildman–Crippen LogP) is 4.21. The first-order valence-electron chi connectivity index (χ1n) is 8.09. The number of carbonyl (C=O) groups excluding carboxylic acids is 2. The van der Waals surface area contributed by atoms with Crippen LogP contribution in [0, 0.1) is 6.92 Å². The number of rotatable bonds is 5. The Morgan fingerprint density at radius 1 is 1.15 bits per heavy atom. The zero-order valence-corrected chi connectivity index (χ0v) is 15.2. The molecule has 0 N–H and O–H groups in total. The molecule has 0 aliphatic heterocycles. The van der Waals surface area contributed by atoms with E-state index < -0.39 is 5.97 Å². The number of likely N-dealkylation sites (N-methyl/N-ethyl adjacent to an activating group) is 1. The van der Waals surface area contributed by atoms with Gasteiger partial charge in [0.1, 0.15) is 5.58 Å². The first-order valence-corrected chi connectivity index (χ1v) is 8.47. The lowest BCUT2D eigenvalue weighted by Crippen LogP contribution is -2.30. The Labute approximate surface area is 156 Å². The molecule has 1 amide bonds. The van der Waals surface area contributed by atoms with E-state index in [9.17, 15) is 9.59 Å². The van der Waals surface area contributed by atoms with Crippen LogP contribution in [0.3, 0.4) is 0 Å². The van der Waals surface area contributed by atoms with Crippen molar-refractivity contribution in [3.8, 4) is 0 Å². The van der Waals surface area contributed by atoms with E-state index in [2.05, 4.69) is 0 Å². The maximum absolute atomic E-state index is 12.3. The molecule has 0 aliphatic carbocycles. The van der Waals surface area contributed by atoms with E-state index in [4.69, 9.17) is 20.8 Å². The molecular formula is C20H18ClNO4. The van der Waals surface area contributed by atoms with Crippen molar-refractivity contribution >= 4 is 34.4 Å². The second-order valence-electron chi connectivity index (χ2n) is 6.01. The molecule has 0 aliphatic rings. The summed E-state index contributed by atoms with van der Waals surface area (Å²) < 4.78 is 10.7.